The van der Waals surface area contributed by atoms with Gasteiger partial charge in [-0.15, -0.1) is 11.3 Å². The Labute approximate surface area is 156 Å². The van der Waals surface area contributed by atoms with E-state index in [-0.39, 0.29) is 12.5 Å². The first kappa shape index (κ1) is 17.0. The molecule has 6 heteroatoms. The van der Waals surface area contributed by atoms with Gasteiger partial charge in [-0.05, 0) is 55.4 Å². The Morgan fingerprint density at radius 2 is 2.00 bits per heavy atom. The molecule has 0 saturated carbocycles. The van der Waals surface area contributed by atoms with Gasteiger partial charge in [0.1, 0.15) is 11.2 Å². The van der Waals surface area contributed by atoms with Gasteiger partial charge in [0, 0.05) is 10.6 Å². The maximum atomic E-state index is 12.2. The standard InChI is InChI=1S/C20H21N3O2S/c1-2-13-7-9-14(10-8-13)23-17(24)11-25-19-18-15-5-3-4-6-16(15)26-20(18)22-12-21-19/h7-10,12H,2-6,11H2,1H3,(H,23,24). The van der Waals surface area contributed by atoms with Gasteiger partial charge in [0.2, 0.25) is 5.88 Å². The summed E-state index contributed by atoms with van der Waals surface area (Å²) in [5, 5.41) is 3.86. The summed E-state index contributed by atoms with van der Waals surface area (Å²) in [6.45, 7) is 2.04. The summed E-state index contributed by atoms with van der Waals surface area (Å²) in [6.07, 6.45) is 7.04. The number of rotatable bonds is 5. The van der Waals surface area contributed by atoms with Crippen LogP contribution in [-0.2, 0) is 24.1 Å². The summed E-state index contributed by atoms with van der Waals surface area (Å²) in [7, 11) is 0. The van der Waals surface area contributed by atoms with Crippen LogP contribution in [0.5, 0.6) is 5.88 Å². The smallest absolute Gasteiger partial charge is 0.262 e. The number of hydrogen-bond donors (Lipinski definition) is 1. The minimum atomic E-state index is -0.190. The van der Waals surface area contributed by atoms with E-state index in [0.717, 1.165) is 35.2 Å². The van der Waals surface area contributed by atoms with Crippen LogP contribution in [0, 0.1) is 0 Å². The molecule has 0 bridgehead atoms. The second-order valence-electron chi connectivity index (χ2n) is 6.46. The molecule has 4 rings (SSSR count). The van der Waals surface area contributed by atoms with Crippen molar-refractivity contribution < 1.29 is 9.53 Å². The molecule has 3 aromatic rings. The predicted octanol–water partition coefficient (Wildman–Crippen LogP) is 4.15. The van der Waals surface area contributed by atoms with Crippen LogP contribution >= 0.6 is 11.3 Å². The molecular formula is C20H21N3O2S. The lowest BCUT2D eigenvalue weighted by molar-refractivity contribution is -0.118. The molecule has 5 nitrogen and oxygen atoms in total. The Kier molecular flexibility index (Phi) is 4.84. The van der Waals surface area contributed by atoms with E-state index >= 15 is 0 Å². The molecule has 2 heterocycles. The van der Waals surface area contributed by atoms with E-state index in [0.29, 0.717) is 5.88 Å². The van der Waals surface area contributed by atoms with Crippen LogP contribution in [0.15, 0.2) is 30.6 Å². The van der Waals surface area contributed by atoms with Gasteiger partial charge in [-0.1, -0.05) is 19.1 Å². The van der Waals surface area contributed by atoms with Gasteiger partial charge in [0.15, 0.2) is 6.61 Å². The summed E-state index contributed by atoms with van der Waals surface area (Å²) in [5.74, 6) is 0.330. The van der Waals surface area contributed by atoms with E-state index in [1.165, 1.54) is 35.2 Å². The number of thiophene rings is 1. The van der Waals surface area contributed by atoms with Crippen molar-refractivity contribution in [3.8, 4) is 5.88 Å². The maximum absolute atomic E-state index is 12.2. The number of hydrogen-bond acceptors (Lipinski definition) is 5. The lowest BCUT2D eigenvalue weighted by atomic mass is 9.97. The number of fused-ring (bicyclic) bond motifs is 3. The Morgan fingerprint density at radius 1 is 1.19 bits per heavy atom. The zero-order valence-electron chi connectivity index (χ0n) is 14.7. The molecule has 0 fully saturated rings. The van der Waals surface area contributed by atoms with Crippen LogP contribution in [-0.4, -0.2) is 22.5 Å². The number of benzene rings is 1. The number of aromatic nitrogens is 2. The van der Waals surface area contributed by atoms with Crippen LogP contribution in [0.4, 0.5) is 5.69 Å². The second-order valence-corrected chi connectivity index (χ2v) is 7.54. The predicted molar refractivity (Wildman–Crippen MR) is 104 cm³/mol. The number of aryl methyl sites for hydroxylation is 3. The fraction of sp³-hybridized carbons (Fsp3) is 0.350. The average molecular weight is 367 g/mol. The number of anilines is 1. The second kappa shape index (κ2) is 7.41. The Bertz CT molecular complexity index is 934. The van der Waals surface area contributed by atoms with Crippen LogP contribution < -0.4 is 10.1 Å². The highest BCUT2D eigenvalue weighted by Gasteiger charge is 2.21. The Balaban J connectivity index is 1.47. The van der Waals surface area contributed by atoms with Crippen LogP contribution in [0.3, 0.4) is 0 Å². The normalized spacial score (nSPS) is 13.4. The monoisotopic (exact) mass is 367 g/mol. The van der Waals surface area contributed by atoms with E-state index < -0.39 is 0 Å². The van der Waals surface area contributed by atoms with Crippen molar-refractivity contribution in [2.24, 2.45) is 0 Å². The van der Waals surface area contributed by atoms with E-state index in [4.69, 9.17) is 4.74 Å². The zero-order chi connectivity index (χ0) is 17.9. The van der Waals surface area contributed by atoms with Gasteiger partial charge in [0.05, 0.1) is 5.39 Å². The summed E-state index contributed by atoms with van der Waals surface area (Å²) in [5.41, 5.74) is 3.32. The molecule has 2 aromatic heterocycles. The first-order valence-corrected chi connectivity index (χ1v) is 9.83. The number of nitrogens with zero attached hydrogens (tertiary/aromatic N) is 2. The third-order valence-corrected chi connectivity index (χ3v) is 5.90. The largest absolute Gasteiger partial charge is 0.467 e. The Morgan fingerprint density at radius 3 is 2.81 bits per heavy atom. The molecule has 1 aliphatic carbocycles. The van der Waals surface area contributed by atoms with Gasteiger partial charge in [-0.3, -0.25) is 4.79 Å². The fourth-order valence-electron chi connectivity index (χ4n) is 3.33. The van der Waals surface area contributed by atoms with Crippen molar-refractivity contribution in [3.05, 3.63) is 46.6 Å². The SMILES string of the molecule is CCc1ccc(NC(=O)COc2ncnc3sc4c(c23)CCCC4)cc1. The molecule has 1 N–H and O–H groups in total. The summed E-state index contributed by atoms with van der Waals surface area (Å²) in [4.78, 5) is 23.2. The maximum Gasteiger partial charge on any atom is 0.262 e. The van der Waals surface area contributed by atoms with Crippen molar-refractivity contribution in [2.45, 2.75) is 39.0 Å². The summed E-state index contributed by atoms with van der Waals surface area (Å²) in [6, 6.07) is 7.86. The highest BCUT2D eigenvalue weighted by molar-refractivity contribution is 7.18. The Hall–Kier alpha value is -2.47. The topological polar surface area (TPSA) is 64.1 Å². The minimum absolute atomic E-state index is 0.0632. The third-order valence-electron chi connectivity index (χ3n) is 4.70. The number of ether oxygens (including phenoxy) is 1. The first-order valence-electron chi connectivity index (χ1n) is 9.01. The zero-order valence-corrected chi connectivity index (χ0v) is 15.6. The summed E-state index contributed by atoms with van der Waals surface area (Å²) >= 11 is 1.72. The molecule has 0 saturated heterocycles. The molecule has 0 aliphatic heterocycles. The molecule has 0 unspecified atom stereocenters. The van der Waals surface area contributed by atoms with Gasteiger partial charge in [-0.25, -0.2) is 9.97 Å². The lowest BCUT2D eigenvalue weighted by Crippen LogP contribution is -2.20. The number of nitrogens with one attached hydrogen (secondary N) is 1. The molecule has 0 radical (unpaired) electrons. The van der Waals surface area contributed by atoms with Crippen molar-refractivity contribution in [2.75, 3.05) is 11.9 Å². The quantitative estimate of drug-likeness (QED) is 0.736. The van der Waals surface area contributed by atoms with E-state index in [1.54, 1.807) is 11.3 Å². The fourth-order valence-corrected chi connectivity index (χ4v) is 4.54. The molecule has 134 valence electrons. The van der Waals surface area contributed by atoms with Crippen molar-refractivity contribution >= 4 is 33.1 Å². The van der Waals surface area contributed by atoms with Crippen LogP contribution in [0.2, 0.25) is 0 Å². The lowest BCUT2D eigenvalue weighted by Gasteiger charge is -2.12. The van der Waals surface area contributed by atoms with Crippen molar-refractivity contribution in [1.82, 2.24) is 9.97 Å². The summed E-state index contributed by atoms with van der Waals surface area (Å²) < 4.78 is 5.77. The number of amides is 1. The van der Waals surface area contributed by atoms with Crippen molar-refractivity contribution in [1.29, 1.82) is 0 Å². The van der Waals surface area contributed by atoms with Crippen molar-refractivity contribution in [3.63, 3.8) is 0 Å². The average Bonchev–Trinajstić information content (AvgIpc) is 3.06. The molecule has 26 heavy (non-hydrogen) atoms. The molecule has 0 spiro atoms. The minimum Gasteiger partial charge on any atom is -0.467 e. The third kappa shape index (κ3) is 3.42. The molecule has 1 aromatic carbocycles. The van der Waals surface area contributed by atoms with E-state index in [9.17, 15) is 4.79 Å². The number of carbonyl (C=O) groups is 1. The van der Waals surface area contributed by atoms with Gasteiger partial charge < -0.3 is 10.1 Å². The molecular weight excluding hydrogens is 346 g/mol. The van der Waals surface area contributed by atoms with Crippen LogP contribution in [0.25, 0.3) is 10.2 Å². The number of carbonyl (C=O) groups excluding carboxylic acids is 1. The van der Waals surface area contributed by atoms with E-state index in [1.807, 2.05) is 24.3 Å². The molecule has 1 aliphatic rings. The molecule has 1 amide bonds. The van der Waals surface area contributed by atoms with Gasteiger partial charge >= 0.3 is 0 Å². The van der Waals surface area contributed by atoms with E-state index in [2.05, 4.69) is 22.2 Å². The highest BCUT2D eigenvalue weighted by atomic mass is 32.1. The first-order chi connectivity index (χ1) is 12.7. The highest BCUT2D eigenvalue weighted by Crippen LogP contribution is 2.38. The van der Waals surface area contributed by atoms with Gasteiger partial charge in [0.25, 0.3) is 5.91 Å². The molecule has 0 atom stereocenters. The van der Waals surface area contributed by atoms with Gasteiger partial charge in [-0.2, -0.15) is 0 Å². The van der Waals surface area contributed by atoms with Crippen LogP contribution in [0.1, 0.15) is 35.8 Å².